The fraction of sp³-hybridized carbons (Fsp3) is 0.350. The van der Waals surface area contributed by atoms with Gasteiger partial charge in [-0.05, 0) is 55.3 Å². The highest BCUT2D eigenvalue weighted by atomic mass is 35.5. The molecule has 1 saturated heterocycles. The maximum atomic E-state index is 12.7. The third-order valence-corrected chi connectivity index (χ3v) is 6.88. The summed E-state index contributed by atoms with van der Waals surface area (Å²) in [7, 11) is -1.96. The van der Waals surface area contributed by atoms with E-state index in [0.29, 0.717) is 35.1 Å². The molecule has 0 radical (unpaired) electrons. The van der Waals surface area contributed by atoms with Gasteiger partial charge in [0.2, 0.25) is 10.0 Å². The number of carbonyl (C=O) groups is 1. The number of nitrogens with zero attached hydrogens (tertiary/aromatic N) is 1. The van der Waals surface area contributed by atoms with E-state index in [1.54, 1.807) is 30.3 Å². The van der Waals surface area contributed by atoms with E-state index in [1.165, 1.54) is 23.5 Å². The number of ketones is 1. The molecule has 150 valence electrons. The second kappa shape index (κ2) is 8.94. The van der Waals surface area contributed by atoms with Crippen LogP contribution < -0.4 is 10.1 Å². The number of benzene rings is 2. The summed E-state index contributed by atoms with van der Waals surface area (Å²) in [6.07, 6.45) is 2.83. The van der Waals surface area contributed by atoms with Crippen molar-refractivity contribution in [2.75, 3.05) is 32.1 Å². The maximum Gasteiger partial charge on any atom is 0.243 e. The third kappa shape index (κ3) is 4.66. The van der Waals surface area contributed by atoms with Crippen LogP contribution >= 0.6 is 11.6 Å². The van der Waals surface area contributed by atoms with Gasteiger partial charge in [-0.2, -0.15) is 4.31 Å². The van der Waals surface area contributed by atoms with Crippen LogP contribution in [0.1, 0.15) is 29.6 Å². The predicted molar refractivity (Wildman–Crippen MR) is 110 cm³/mol. The minimum atomic E-state index is -3.50. The Balaban J connectivity index is 1.68. The Morgan fingerprint density at radius 2 is 1.79 bits per heavy atom. The number of piperidine rings is 1. The summed E-state index contributed by atoms with van der Waals surface area (Å²) in [5.74, 6) is 0.420. The molecule has 0 aromatic heterocycles. The van der Waals surface area contributed by atoms with Crippen LogP contribution in [0, 0.1) is 0 Å². The number of sulfonamides is 1. The van der Waals surface area contributed by atoms with Crippen molar-refractivity contribution < 1.29 is 17.9 Å². The zero-order valence-electron chi connectivity index (χ0n) is 15.7. The van der Waals surface area contributed by atoms with Crippen molar-refractivity contribution >= 4 is 33.1 Å². The number of hydrogen-bond donors (Lipinski definition) is 1. The minimum absolute atomic E-state index is 0.0366. The van der Waals surface area contributed by atoms with Gasteiger partial charge in [-0.15, -0.1) is 0 Å². The number of methoxy groups -OCH3 is 1. The van der Waals surface area contributed by atoms with Crippen LogP contribution in [0.5, 0.6) is 5.75 Å². The van der Waals surface area contributed by atoms with Crippen LogP contribution in [0.25, 0.3) is 0 Å². The zero-order valence-corrected chi connectivity index (χ0v) is 17.2. The molecule has 1 aliphatic rings. The normalized spacial score (nSPS) is 15.2. The molecule has 0 unspecified atom stereocenters. The van der Waals surface area contributed by atoms with Crippen LogP contribution in [0.3, 0.4) is 0 Å². The van der Waals surface area contributed by atoms with Crippen molar-refractivity contribution in [3.05, 3.63) is 53.1 Å². The third-order valence-electron chi connectivity index (χ3n) is 4.73. The summed E-state index contributed by atoms with van der Waals surface area (Å²) < 4.78 is 32.1. The van der Waals surface area contributed by atoms with Gasteiger partial charge in [-0.25, -0.2) is 8.42 Å². The summed E-state index contributed by atoms with van der Waals surface area (Å²) in [5.41, 5.74) is 1.05. The standard InChI is InChI=1S/C20H23ClN2O4S/c1-27-20-10-7-16(21)13-18(20)22-14-19(24)15-5-8-17(9-6-15)28(25,26)23-11-3-2-4-12-23/h5-10,13,22H,2-4,11-12,14H2,1H3. The molecular formula is C20H23ClN2O4S. The van der Waals surface area contributed by atoms with Crippen LogP contribution in [0.15, 0.2) is 47.4 Å². The number of rotatable bonds is 7. The number of Topliss-reactive ketones (excluding diaryl/α,β-unsaturated/α-hetero) is 1. The van der Waals surface area contributed by atoms with Gasteiger partial charge in [-0.1, -0.05) is 18.0 Å². The first-order valence-corrected chi connectivity index (χ1v) is 10.9. The smallest absolute Gasteiger partial charge is 0.243 e. The summed E-state index contributed by atoms with van der Waals surface area (Å²) in [6.45, 7) is 1.14. The molecule has 3 rings (SSSR count). The van der Waals surface area contributed by atoms with Crippen LogP contribution in [0.2, 0.25) is 5.02 Å². The Morgan fingerprint density at radius 1 is 1.11 bits per heavy atom. The molecule has 8 heteroatoms. The van der Waals surface area contributed by atoms with Crippen LogP contribution in [-0.4, -0.2) is 45.3 Å². The van der Waals surface area contributed by atoms with Crippen molar-refractivity contribution in [2.45, 2.75) is 24.2 Å². The lowest BCUT2D eigenvalue weighted by Gasteiger charge is -2.25. The topological polar surface area (TPSA) is 75.7 Å². The highest BCUT2D eigenvalue weighted by Gasteiger charge is 2.25. The Hall–Kier alpha value is -2.09. The Kier molecular flexibility index (Phi) is 6.59. The Bertz CT molecular complexity index is 939. The lowest BCUT2D eigenvalue weighted by Crippen LogP contribution is -2.35. The van der Waals surface area contributed by atoms with Gasteiger partial charge in [0.15, 0.2) is 5.78 Å². The maximum absolute atomic E-state index is 12.7. The van der Waals surface area contributed by atoms with Gasteiger partial charge in [-0.3, -0.25) is 4.79 Å². The van der Waals surface area contributed by atoms with E-state index in [2.05, 4.69) is 5.32 Å². The number of nitrogens with one attached hydrogen (secondary N) is 1. The highest BCUT2D eigenvalue weighted by molar-refractivity contribution is 7.89. The second-order valence-electron chi connectivity index (χ2n) is 6.61. The average molecular weight is 423 g/mol. The number of carbonyl (C=O) groups excluding carboxylic acids is 1. The fourth-order valence-corrected chi connectivity index (χ4v) is 4.85. The van der Waals surface area contributed by atoms with Gasteiger partial charge in [0, 0.05) is 23.7 Å². The molecule has 1 N–H and O–H groups in total. The van der Waals surface area contributed by atoms with E-state index in [1.807, 2.05) is 0 Å². The fourth-order valence-electron chi connectivity index (χ4n) is 3.16. The van der Waals surface area contributed by atoms with Crippen molar-refractivity contribution in [1.82, 2.24) is 4.31 Å². The van der Waals surface area contributed by atoms with E-state index in [4.69, 9.17) is 16.3 Å². The summed E-state index contributed by atoms with van der Waals surface area (Å²) in [6, 6.07) is 11.2. The van der Waals surface area contributed by atoms with E-state index in [-0.39, 0.29) is 17.2 Å². The molecule has 0 bridgehead atoms. The van der Waals surface area contributed by atoms with Gasteiger partial charge >= 0.3 is 0 Å². The van der Waals surface area contributed by atoms with Crippen LogP contribution in [0.4, 0.5) is 5.69 Å². The Labute approximate surface area is 170 Å². The summed E-state index contributed by atoms with van der Waals surface area (Å²) in [4.78, 5) is 12.7. The van der Waals surface area contributed by atoms with Gasteiger partial charge in [0.05, 0.1) is 24.2 Å². The molecule has 2 aromatic carbocycles. The first kappa shape index (κ1) is 20.6. The average Bonchev–Trinajstić information content (AvgIpc) is 2.73. The largest absolute Gasteiger partial charge is 0.495 e. The van der Waals surface area contributed by atoms with Crippen molar-refractivity contribution in [1.29, 1.82) is 0 Å². The zero-order chi connectivity index (χ0) is 20.1. The van der Waals surface area contributed by atoms with Crippen molar-refractivity contribution in [2.24, 2.45) is 0 Å². The first-order valence-electron chi connectivity index (χ1n) is 9.12. The number of halogens is 1. The van der Waals surface area contributed by atoms with Gasteiger partial charge < -0.3 is 10.1 Å². The summed E-state index contributed by atoms with van der Waals surface area (Å²) in [5, 5.41) is 3.54. The molecule has 6 nitrogen and oxygen atoms in total. The lowest BCUT2D eigenvalue weighted by atomic mass is 10.1. The minimum Gasteiger partial charge on any atom is -0.495 e. The van der Waals surface area contributed by atoms with E-state index < -0.39 is 10.0 Å². The molecule has 0 atom stereocenters. The molecular weight excluding hydrogens is 400 g/mol. The quantitative estimate of drug-likeness (QED) is 0.686. The molecule has 0 aliphatic carbocycles. The van der Waals surface area contributed by atoms with Crippen molar-refractivity contribution in [3.63, 3.8) is 0 Å². The molecule has 0 saturated carbocycles. The second-order valence-corrected chi connectivity index (χ2v) is 8.98. The molecule has 1 aliphatic heterocycles. The van der Waals surface area contributed by atoms with E-state index >= 15 is 0 Å². The number of ether oxygens (including phenoxy) is 1. The molecule has 1 fully saturated rings. The van der Waals surface area contributed by atoms with Crippen molar-refractivity contribution in [3.8, 4) is 5.75 Å². The van der Waals surface area contributed by atoms with Gasteiger partial charge in [0.1, 0.15) is 5.75 Å². The molecule has 0 amide bonds. The summed E-state index contributed by atoms with van der Waals surface area (Å²) >= 11 is 5.99. The predicted octanol–water partition coefficient (Wildman–Crippen LogP) is 3.82. The monoisotopic (exact) mass is 422 g/mol. The molecule has 28 heavy (non-hydrogen) atoms. The van der Waals surface area contributed by atoms with Crippen LogP contribution in [-0.2, 0) is 10.0 Å². The lowest BCUT2D eigenvalue weighted by molar-refractivity contribution is 0.101. The number of hydrogen-bond acceptors (Lipinski definition) is 5. The SMILES string of the molecule is COc1ccc(Cl)cc1NCC(=O)c1ccc(S(=O)(=O)N2CCCCC2)cc1. The van der Waals surface area contributed by atoms with E-state index in [0.717, 1.165) is 19.3 Å². The highest BCUT2D eigenvalue weighted by Crippen LogP contribution is 2.27. The molecule has 2 aromatic rings. The Morgan fingerprint density at radius 3 is 2.43 bits per heavy atom. The molecule has 1 heterocycles. The van der Waals surface area contributed by atoms with E-state index in [9.17, 15) is 13.2 Å². The number of anilines is 1. The molecule has 0 spiro atoms. The first-order chi connectivity index (χ1) is 13.4. The van der Waals surface area contributed by atoms with Gasteiger partial charge in [0.25, 0.3) is 0 Å².